The molecule has 0 aliphatic carbocycles. The van der Waals surface area contributed by atoms with E-state index in [-0.39, 0.29) is 25.5 Å². The van der Waals surface area contributed by atoms with Crippen LogP contribution in [0.2, 0.25) is 0 Å². The number of ether oxygens (including phenoxy) is 1. The average Bonchev–Trinajstić information content (AvgIpc) is 3.64. The molecule has 2 aliphatic rings. The van der Waals surface area contributed by atoms with E-state index in [2.05, 4.69) is 10.3 Å². The average molecular weight is 552 g/mol. The highest BCUT2D eigenvalue weighted by atomic mass is 16.5. The summed E-state index contributed by atoms with van der Waals surface area (Å²) < 4.78 is 5.58. The number of para-hydroxylation sites is 1. The zero-order chi connectivity index (χ0) is 28.6. The number of H-pyrrole nitrogens is 1. The van der Waals surface area contributed by atoms with Gasteiger partial charge in [0.1, 0.15) is 5.54 Å². The van der Waals surface area contributed by atoms with E-state index in [0.29, 0.717) is 6.61 Å². The lowest BCUT2D eigenvalue weighted by molar-refractivity contribution is -0.151. The third-order valence-electron chi connectivity index (χ3n) is 8.46. The van der Waals surface area contributed by atoms with Gasteiger partial charge in [0.25, 0.3) is 0 Å². The fraction of sp³-hybridized carbons (Fsp3) is 0.303. The van der Waals surface area contributed by atoms with Crippen molar-refractivity contribution in [3.8, 4) is 11.1 Å². The van der Waals surface area contributed by atoms with Gasteiger partial charge in [-0.1, -0.05) is 79.7 Å². The van der Waals surface area contributed by atoms with Gasteiger partial charge in [0.05, 0.1) is 25.0 Å². The summed E-state index contributed by atoms with van der Waals surface area (Å²) in [5.74, 6) is -3.87. The van der Waals surface area contributed by atoms with Gasteiger partial charge in [-0.2, -0.15) is 0 Å². The SMILES string of the molecule is CCCOCCN1C(=O)C2C(c3ccc(-c4ccccc4)cc3)NC(Cc3c[nH]c4ccccc34)(C(=O)O)C2C1=O. The predicted octanol–water partition coefficient (Wildman–Crippen LogP) is 4.57. The Bertz CT molecular complexity index is 1580. The molecule has 3 N–H and O–H groups in total. The number of fused-ring (bicyclic) bond motifs is 2. The normalized spacial score (nSPS) is 23.8. The lowest BCUT2D eigenvalue weighted by atomic mass is 9.76. The van der Waals surface area contributed by atoms with Crippen molar-refractivity contribution in [1.82, 2.24) is 15.2 Å². The molecule has 0 bridgehead atoms. The molecule has 8 nitrogen and oxygen atoms in total. The third-order valence-corrected chi connectivity index (χ3v) is 8.46. The maximum Gasteiger partial charge on any atom is 0.325 e. The van der Waals surface area contributed by atoms with Crippen molar-refractivity contribution in [3.05, 3.63) is 96.2 Å². The van der Waals surface area contributed by atoms with Crippen molar-refractivity contribution in [1.29, 1.82) is 0 Å². The molecule has 1 aromatic heterocycles. The summed E-state index contributed by atoms with van der Waals surface area (Å²) in [5, 5.41) is 15.0. The number of imide groups is 1. The van der Waals surface area contributed by atoms with Crippen LogP contribution in [0.25, 0.3) is 22.0 Å². The first kappa shape index (κ1) is 26.9. The highest BCUT2D eigenvalue weighted by Crippen LogP contribution is 2.50. The summed E-state index contributed by atoms with van der Waals surface area (Å²) in [7, 11) is 0. The molecular formula is C33H33N3O5. The summed E-state index contributed by atoms with van der Waals surface area (Å²) in [4.78, 5) is 45.4. The first-order valence-electron chi connectivity index (χ1n) is 14.1. The van der Waals surface area contributed by atoms with Gasteiger partial charge in [0, 0.05) is 36.2 Å². The topological polar surface area (TPSA) is 112 Å². The van der Waals surface area contributed by atoms with Crippen molar-refractivity contribution < 1.29 is 24.2 Å². The number of nitrogens with zero attached hydrogens (tertiary/aromatic N) is 1. The smallest absolute Gasteiger partial charge is 0.325 e. The molecular weight excluding hydrogens is 518 g/mol. The molecule has 4 aromatic rings. The van der Waals surface area contributed by atoms with Crippen LogP contribution in [0.5, 0.6) is 0 Å². The molecule has 3 heterocycles. The summed E-state index contributed by atoms with van der Waals surface area (Å²) >= 11 is 0. The van der Waals surface area contributed by atoms with Gasteiger partial charge < -0.3 is 14.8 Å². The third kappa shape index (κ3) is 4.63. The van der Waals surface area contributed by atoms with Gasteiger partial charge in [-0.05, 0) is 34.7 Å². The standard InChI is InChI=1S/C33H33N3O5/c1-2-17-41-18-16-36-30(37)27-28(31(36)38)33(32(39)40,19-24-20-34-26-11-7-6-10-25(24)26)35-29(27)23-14-12-22(13-15-23)21-8-4-3-5-9-21/h3-15,20,27-29,34-35H,2,16-19H2,1H3,(H,39,40). The minimum atomic E-state index is -1.68. The number of nitrogens with one attached hydrogen (secondary N) is 2. The number of carboxylic acids is 1. The summed E-state index contributed by atoms with van der Waals surface area (Å²) in [6, 6.07) is 24.8. The molecule has 6 rings (SSSR count). The van der Waals surface area contributed by atoms with E-state index in [1.54, 1.807) is 6.20 Å². The Morgan fingerprint density at radius 3 is 2.37 bits per heavy atom. The predicted molar refractivity (Wildman–Crippen MR) is 155 cm³/mol. The van der Waals surface area contributed by atoms with Gasteiger partial charge in [-0.25, -0.2) is 0 Å². The van der Waals surface area contributed by atoms with Crippen LogP contribution in [-0.4, -0.2) is 58.1 Å². The number of hydrogen-bond acceptors (Lipinski definition) is 5. The zero-order valence-electron chi connectivity index (χ0n) is 22.9. The second-order valence-electron chi connectivity index (χ2n) is 10.9. The molecule has 2 amide bonds. The van der Waals surface area contributed by atoms with Crippen molar-refractivity contribution >= 4 is 28.7 Å². The number of amides is 2. The van der Waals surface area contributed by atoms with Crippen LogP contribution < -0.4 is 5.32 Å². The molecule has 3 aromatic carbocycles. The maximum absolute atomic E-state index is 13.9. The molecule has 41 heavy (non-hydrogen) atoms. The van der Waals surface area contributed by atoms with Crippen molar-refractivity contribution in [2.75, 3.05) is 19.8 Å². The summed E-state index contributed by atoms with van der Waals surface area (Å²) in [6.45, 7) is 2.84. The van der Waals surface area contributed by atoms with Gasteiger partial charge in [0.15, 0.2) is 0 Å². The minimum absolute atomic E-state index is 0.0469. The number of carbonyl (C=O) groups is 3. The lowest BCUT2D eigenvalue weighted by Gasteiger charge is -2.31. The molecule has 0 radical (unpaired) electrons. The number of aromatic amines is 1. The Kier molecular flexibility index (Phi) is 7.19. The van der Waals surface area contributed by atoms with Gasteiger partial charge >= 0.3 is 5.97 Å². The molecule has 0 saturated carbocycles. The highest BCUT2D eigenvalue weighted by molar-refractivity contribution is 6.09. The Hall–Kier alpha value is -4.27. The minimum Gasteiger partial charge on any atom is -0.480 e. The quantitative estimate of drug-likeness (QED) is 0.197. The summed E-state index contributed by atoms with van der Waals surface area (Å²) in [5.41, 5.74) is 2.82. The molecule has 4 unspecified atom stereocenters. The fourth-order valence-corrected chi connectivity index (χ4v) is 6.50. The summed E-state index contributed by atoms with van der Waals surface area (Å²) in [6.07, 6.45) is 2.67. The second-order valence-corrected chi connectivity index (χ2v) is 10.9. The number of benzene rings is 3. The molecule has 8 heteroatoms. The van der Waals surface area contributed by atoms with E-state index in [4.69, 9.17) is 4.74 Å². The molecule has 0 spiro atoms. The van der Waals surface area contributed by atoms with Crippen LogP contribution in [0.1, 0.15) is 30.5 Å². The van der Waals surface area contributed by atoms with E-state index in [1.807, 2.05) is 85.8 Å². The molecule has 2 fully saturated rings. The van der Waals surface area contributed by atoms with E-state index >= 15 is 0 Å². The second kappa shape index (κ2) is 11.0. The zero-order valence-corrected chi connectivity index (χ0v) is 22.9. The van der Waals surface area contributed by atoms with Crippen LogP contribution in [-0.2, 0) is 25.5 Å². The van der Waals surface area contributed by atoms with Crippen LogP contribution >= 0.6 is 0 Å². The number of likely N-dealkylation sites (tertiary alicyclic amines) is 1. The van der Waals surface area contributed by atoms with E-state index < -0.39 is 35.3 Å². The van der Waals surface area contributed by atoms with E-state index in [1.165, 1.54) is 4.90 Å². The van der Waals surface area contributed by atoms with Gasteiger partial charge in [-0.15, -0.1) is 0 Å². The van der Waals surface area contributed by atoms with Gasteiger partial charge in [0.2, 0.25) is 11.8 Å². The highest BCUT2D eigenvalue weighted by Gasteiger charge is 2.68. The molecule has 2 saturated heterocycles. The number of aromatic nitrogens is 1. The Balaban J connectivity index is 1.40. The van der Waals surface area contributed by atoms with Crippen LogP contribution in [0, 0.1) is 11.8 Å². The van der Waals surface area contributed by atoms with Crippen LogP contribution in [0.4, 0.5) is 0 Å². The lowest BCUT2D eigenvalue weighted by Crippen LogP contribution is -2.57. The largest absolute Gasteiger partial charge is 0.480 e. The molecule has 2 aliphatic heterocycles. The Morgan fingerprint density at radius 1 is 0.927 bits per heavy atom. The number of carbonyl (C=O) groups excluding carboxylic acids is 2. The molecule has 210 valence electrons. The van der Waals surface area contributed by atoms with Crippen LogP contribution in [0.15, 0.2) is 85.1 Å². The van der Waals surface area contributed by atoms with Gasteiger partial charge in [-0.3, -0.25) is 24.6 Å². The van der Waals surface area contributed by atoms with Crippen molar-refractivity contribution in [3.63, 3.8) is 0 Å². The monoisotopic (exact) mass is 551 g/mol. The Morgan fingerprint density at radius 2 is 1.63 bits per heavy atom. The first-order chi connectivity index (χ1) is 19.9. The maximum atomic E-state index is 13.9. The first-order valence-corrected chi connectivity index (χ1v) is 14.1. The number of aliphatic carboxylic acids is 1. The number of hydrogen-bond donors (Lipinski definition) is 3. The van der Waals surface area contributed by atoms with Crippen LogP contribution in [0.3, 0.4) is 0 Å². The number of rotatable bonds is 10. The molecule has 4 atom stereocenters. The van der Waals surface area contributed by atoms with E-state index in [0.717, 1.165) is 39.6 Å². The van der Waals surface area contributed by atoms with Crippen molar-refractivity contribution in [2.24, 2.45) is 11.8 Å². The fourth-order valence-electron chi connectivity index (χ4n) is 6.50. The Labute approximate surface area is 238 Å². The van der Waals surface area contributed by atoms with Crippen molar-refractivity contribution in [2.45, 2.75) is 31.3 Å². The van der Waals surface area contributed by atoms with E-state index in [9.17, 15) is 19.5 Å². The number of carboxylic acid groups (broad SMARTS) is 1.